The zero-order chi connectivity index (χ0) is 13.2. The molecule has 0 spiro atoms. The SMILES string of the molecule is CN(C)c1nnc(SCn2nnc3ccccc32)s1. The molecule has 0 atom stereocenters. The van der Waals surface area contributed by atoms with Crippen LogP contribution in [0.5, 0.6) is 0 Å². The van der Waals surface area contributed by atoms with Crippen LogP contribution in [0.2, 0.25) is 0 Å². The minimum Gasteiger partial charge on any atom is -0.353 e. The second-order valence-corrected chi connectivity index (χ2v) is 6.24. The number of thioether (sulfide) groups is 1. The van der Waals surface area contributed by atoms with Crippen molar-refractivity contribution in [3.8, 4) is 0 Å². The summed E-state index contributed by atoms with van der Waals surface area (Å²) in [6.45, 7) is 0. The molecule has 0 amide bonds. The molecule has 19 heavy (non-hydrogen) atoms. The average Bonchev–Trinajstić information content (AvgIpc) is 3.03. The van der Waals surface area contributed by atoms with E-state index in [2.05, 4.69) is 20.5 Å². The Morgan fingerprint density at radius 3 is 2.84 bits per heavy atom. The molecule has 1 aromatic carbocycles. The van der Waals surface area contributed by atoms with E-state index in [1.54, 1.807) is 23.1 Å². The second kappa shape index (κ2) is 5.14. The van der Waals surface area contributed by atoms with Gasteiger partial charge in [-0.15, -0.1) is 15.3 Å². The van der Waals surface area contributed by atoms with E-state index in [1.165, 1.54) is 0 Å². The maximum absolute atomic E-state index is 4.15. The summed E-state index contributed by atoms with van der Waals surface area (Å²) in [7, 11) is 3.92. The fourth-order valence-electron chi connectivity index (χ4n) is 1.57. The summed E-state index contributed by atoms with van der Waals surface area (Å²) in [5, 5.41) is 17.4. The number of hydrogen-bond donors (Lipinski definition) is 0. The van der Waals surface area contributed by atoms with Crippen LogP contribution in [0, 0.1) is 0 Å². The van der Waals surface area contributed by atoms with Crippen LogP contribution in [0.15, 0.2) is 28.6 Å². The second-order valence-electron chi connectivity index (χ2n) is 4.10. The van der Waals surface area contributed by atoms with Gasteiger partial charge in [-0.1, -0.05) is 40.4 Å². The van der Waals surface area contributed by atoms with Crippen LogP contribution in [-0.4, -0.2) is 39.3 Å². The normalized spacial score (nSPS) is 11.1. The molecule has 0 bridgehead atoms. The highest BCUT2D eigenvalue weighted by Gasteiger charge is 2.08. The third kappa shape index (κ3) is 2.54. The summed E-state index contributed by atoms with van der Waals surface area (Å²) in [6, 6.07) is 7.92. The van der Waals surface area contributed by atoms with Gasteiger partial charge >= 0.3 is 0 Å². The van der Waals surface area contributed by atoms with E-state index in [0.29, 0.717) is 5.88 Å². The molecule has 3 rings (SSSR count). The van der Waals surface area contributed by atoms with E-state index in [1.807, 2.05) is 47.9 Å². The Balaban J connectivity index is 1.75. The molecule has 0 radical (unpaired) electrons. The standard InChI is InChI=1S/C11H12N6S2/c1-16(2)10-13-14-11(19-10)18-7-17-9-6-4-3-5-8(9)12-15-17/h3-6H,7H2,1-2H3. The first-order chi connectivity index (χ1) is 9.24. The predicted octanol–water partition coefficient (Wildman–Crippen LogP) is 2.10. The van der Waals surface area contributed by atoms with Crippen molar-refractivity contribution in [3.63, 3.8) is 0 Å². The fourth-order valence-corrected chi connectivity index (χ4v) is 3.21. The van der Waals surface area contributed by atoms with E-state index < -0.39 is 0 Å². The minimum atomic E-state index is 0.683. The van der Waals surface area contributed by atoms with E-state index in [-0.39, 0.29) is 0 Å². The van der Waals surface area contributed by atoms with Crippen molar-refractivity contribution in [2.75, 3.05) is 19.0 Å². The molecule has 6 nitrogen and oxygen atoms in total. The van der Waals surface area contributed by atoms with Gasteiger partial charge in [0.15, 0.2) is 4.34 Å². The Kier molecular flexibility index (Phi) is 3.34. The number of benzene rings is 1. The number of aromatic nitrogens is 5. The van der Waals surface area contributed by atoms with Gasteiger partial charge in [0, 0.05) is 14.1 Å². The molecule has 0 aliphatic heterocycles. The largest absolute Gasteiger partial charge is 0.353 e. The molecular weight excluding hydrogens is 280 g/mol. The van der Waals surface area contributed by atoms with E-state index in [9.17, 15) is 0 Å². The van der Waals surface area contributed by atoms with Gasteiger partial charge in [-0.3, -0.25) is 0 Å². The Morgan fingerprint density at radius 2 is 2.05 bits per heavy atom. The van der Waals surface area contributed by atoms with Gasteiger partial charge in [0.1, 0.15) is 5.52 Å². The molecule has 0 N–H and O–H groups in total. The zero-order valence-electron chi connectivity index (χ0n) is 10.5. The topological polar surface area (TPSA) is 59.7 Å². The number of para-hydroxylation sites is 1. The Morgan fingerprint density at radius 1 is 1.21 bits per heavy atom. The van der Waals surface area contributed by atoms with E-state index in [4.69, 9.17) is 0 Å². The van der Waals surface area contributed by atoms with Crippen LogP contribution in [0.25, 0.3) is 11.0 Å². The summed E-state index contributed by atoms with van der Waals surface area (Å²) in [5.74, 6) is 0.683. The van der Waals surface area contributed by atoms with E-state index >= 15 is 0 Å². The third-order valence-corrected chi connectivity index (χ3v) is 4.70. The van der Waals surface area contributed by atoms with Crippen molar-refractivity contribution in [1.82, 2.24) is 25.2 Å². The first kappa shape index (κ1) is 12.4. The van der Waals surface area contributed by atoms with Crippen LogP contribution < -0.4 is 4.90 Å². The van der Waals surface area contributed by atoms with Crippen molar-refractivity contribution in [2.45, 2.75) is 10.2 Å². The van der Waals surface area contributed by atoms with Crippen molar-refractivity contribution >= 4 is 39.3 Å². The Labute approximate surface area is 118 Å². The average molecular weight is 292 g/mol. The summed E-state index contributed by atoms with van der Waals surface area (Å²) >= 11 is 3.18. The lowest BCUT2D eigenvalue weighted by atomic mass is 10.3. The molecule has 0 saturated heterocycles. The summed E-state index contributed by atoms with van der Waals surface area (Å²) < 4.78 is 2.81. The number of fused-ring (bicyclic) bond motifs is 1. The molecule has 0 aliphatic carbocycles. The molecule has 2 heterocycles. The predicted molar refractivity (Wildman–Crippen MR) is 77.6 cm³/mol. The smallest absolute Gasteiger partial charge is 0.208 e. The van der Waals surface area contributed by atoms with Crippen molar-refractivity contribution in [1.29, 1.82) is 0 Å². The Hall–Kier alpha value is -1.67. The van der Waals surface area contributed by atoms with Crippen LogP contribution in [0.3, 0.4) is 0 Å². The number of rotatable bonds is 4. The molecule has 2 aromatic heterocycles. The summed E-state index contributed by atoms with van der Waals surface area (Å²) in [6.07, 6.45) is 0. The quantitative estimate of drug-likeness (QED) is 0.686. The van der Waals surface area contributed by atoms with Crippen LogP contribution in [0.4, 0.5) is 5.13 Å². The summed E-state index contributed by atoms with van der Waals surface area (Å²) in [4.78, 5) is 1.95. The molecule has 0 aliphatic rings. The lowest BCUT2D eigenvalue weighted by Gasteiger charge is -2.03. The number of anilines is 1. The van der Waals surface area contributed by atoms with Crippen molar-refractivity contribution < 1.29 is 0 Å². The first-order valence-corrected chi connectivity index (χ1v) is 7.46. The summed E-state index contributed by atoms with van der Waals surface area (Å²) in [5.41, 5.74) is 1.95. The highest BCUT2D eigenvalue weighted by atomic mass is 32.2. The molecule has 3 aromatic rings. The van der Waals surface area contributed by atoms with Crippen LogP contribution in [0.1, 0.15) is 0 Å². The van der Waals surface area contributed by atoms with Gasteiger partial charge in [0.25, 0.3) is 0 Å². The van der Waals surface area contributed by atoms with Crippen LogP contribution in [-0.2, 0) is 5.88 Å². The molecule has 0 unspecified atom stereocenters. The lowest BCUT2D eigenvalue weighted by molar-refractivity contribution is 0.722. The molecule has 8 heteroatoms. The van der Waals surface area contributed by atoms with Crippen molar-refractivity contribution in [2.24, 2.45) is 0 Å². The maximum atomic E-state index is 4.15. The molecule has 98 valence electrons. The van der Waals surface area contributed by atoms with Crippen molar-refractivity contribution in [3.05, 3.63) is 24.3 Å². The van der Waals surface area contributed by atoms with E-state index in [0.717, 1.165) is 20.5 Å². The first-order valence-electron chi connectivity index (χ1n) is 5.66. The van der Waals surface area contributed by atoms with Gasteiger partial charge in [-0.05, 0) is 12.1 Å². The van der Waals surface area contributed by atoms with Crippen LogP contribution >= 0.6 is 23.1 Å². The fraction of sp³-hybridized carbons (Fsp3) is 0.273. The lowest BCUT2D eigenvalue weighted by Crippen LogP contribution is -2.07. The van der Waals surface area contributed by atoms with Gasteiger partial charge in [-0.2, -0.15) is 0 Å². The highest BCUT2D eigenvalue weighted by Crippen LogP contribution is 2.28. The number of nitrogens with zero attached hydrogens (tertiary/aromatic N) is 6. The van der Waals surface area contributed by atoms with Gasteiger partial charge < -0.3 is 4.90 Å². The molecule has 0 saturated carbocycles. The zero-order valence-corrected chi connectivity index (χ0v) is 12.1. The van der Waals surface area contributed by atoms with Gasteiger partial charge in [0.05, 0.1) is 11.4 Å². The monoisotopic (exact) mass is 292 g/mol. The third-order valence-electron chi connectivity index (χ3n) is 2.51. The Bertz CT molecular complexity index is 689. The maximum Gasteiger partial charge on any atom is 0.208 e. The minimum absolute atomic E-state index is 0.683. The molecule has 0 fully saturated rings. The highest BCUT2D eigenvalue weighted by molar-refractivity contribution is 8.00. The van der Waals surface area contributed by atoms with Gasteiger partial charge in [-0.25, -0.2) is 4.68 Å². The number of hydrogen-bond acceptors (Lipinski definition) is 7. The molecular formula is C11H12N6S2. The van der Waals surface area contributed by atoms with Gasteiger partial charge in [0.2, 0.25) is 5.13 Å².